The maximum atomic E-state index is 2.36. The zero-order valence-electron chi connectivity index (χ0n) is 11.9. The van der Waals surface area contributed by atoms with Crippen LogP contribution in [-0.4, -0.2) is 0 Å². The highest BCUT2D eigenvalue weighted by Gasteiger charge is 2.08. The van der Waals surface area contributed by atoms with E-state index in [0.717, 1.165) is 19.3 Å². The average molecular weight is 244 g/mol. The lowest BCUT2D eigenvalue weighted by atomic mass is 10.2. The van der Waals surface area contributed by atoms with Gasteiger partial charge in [-0.3, -0.25) is 0 Å². The van der Waals surface area contributed by atoms with Crippen molar-refractivity contribution in [3.63, 3.8) is 0 Å². The predicted molar refractivity (Wildman–Crippen MR) is 82.7 cm³/mol. The van der Waals surface area contributed by atoms with Gasteiger partial charge in [-0.05, 0) is 44.9 Å². The fourth-order valence-electron chi connectivity index (χ4n) is 1.78. The zero-order chi connectivity index (χ0) is 12.9. The second-order valence-corrected chi connectivity index (χ2v) is 4.98. The molecule has 1 aliphatic rings. The molecule has 0 atom stereocenters. The number of hydrogen-bond donors (Lipinski definition) is 0. The Kier molecular flexibility index (Phi) is 9.24. The van der Waals surface area contributed by atoms with E-state index >= 15 is 0 Å². The summed E-state index contributed by atoms with van der Waals surface area (Å²) in [5, 5.41) is 0. The summed E-state index contributed by atoms with van der Waals surface area (Å²) >= 11 is 0. The summed E-state index contributed by atoms with van der Waals surface area (Å²) in [4.78, 5) is 0. The van der Waals surface area contributed by atoms with Gasteiger partial charge in [0.1, 0.15) is 0 Å². The first-order chi connectivity index (χ1) is 8.93. The number of rotatable bonds is 10. The van der Waals surface area contributed by atoms with Crippen LogP contribution in [0.4, 0.5) is 0 Å². The van der Waals surface area contributed by atoms with Gasteiger partial charge in [0.2, 0.25) is 0 Å². The molecule has 0 unspecified atom stereocenters. The van der Waals surface area contributed by atoms with Gasteiger partial charge in [0.05, 0.1) is 0 Å². The third-order valence-corrected chi connectivity index (χ3v) is 3.10. The summed E-state index contributed by atoms with van der Waals surface area (Å²) in [5.41, 5.74) is 1.64. The second-order valence-electron chi connectivity index (χ2n) is 4.98. The molecule has 0 heterocycles. The Morgan fingerprint density at radius 2 is 1.39 bits per heavy atom. The van der Waals surface area contributed by atoms with Crippen LogP contribution >= 0.6 is 0 Å². The molecule has 0 N–H and O–H groups in total. The molecule has 0 amide bonds. The Labute approximate surface area is 113 Å². The molecular weight excluding hydrogens is 216 g/mol. The van der Waals surface area contributed by atoms with Gasteiger partial charge < -0.3 is 0 Å². The van der Waals surface area contributed by atoms with Gasteiger partial charge in [-0.1, -0.05) is 67.9 Å². The van der Waals surface area contributed by atoms with Crippen LogP contribution in [0.3, 0.4) is 0 Å². The van der Waals surface area contributed by atoms with Crippen LogP contribution in [0.5, 0.6) is 0 Å². The second kappa shape index (κ2) is 11.1. The Bertz CT molecular complexity index is 296. The van der Waals surface area contributed by atoms with E-state index in [1.54, 1.807) is 5.57 Å². The fraction of sp³-hybridized carbons (Fsp3) is 0.556. The van der Waals surface area contributed by atoms with Gasteiger partial charge in [0.25, 0.3) is 0 Å². The van der Waals surface area contributed by atoms with Gasteiger partial charge in [-0.25, -0.2) is 0 Å². The first-order valence-electron chi connectivity index (χ1n) is 7.56. The molecule has 1 fully saturated rings. The van der Waals surface area contributed by atoms with E-state index in [0.29, 0.717) is 0 Å². The smallest absolute Gasteiger partial charge is 0.0166 e. The Morgan fingerprint density at radius 1 is 0.778 bits per heavy atom. The summed E-state index contributed by atoms with van der Waals surface area (Å²) in [6.07, 6.45) is 27.3. The van der Waals surface area contributed by atoms with Crippen LogP contribution in [0.25, 0.3) is 0 Å². The fourth-order valence-corrected chi connectivity index (χ4v) is 1.78. The van der Waals surface area contributed by atoms with Crippen molar-refractivity contribution in [3.05, 3.63) is 48.1 Å². The van der Waals surface area contributed by atoms with Crippen molar-refractivity contribution in [1.82, 2.24) is 0 Å². The molecule has 0 aromatic rings. The van der Waals surface area contributed by atoms with E-state index < -0.39 is 0 Å². The summed E-state index contributed by atoms with van der Waals surface area (Å²) in [6.45, 7) is 2.25. The first-order valence-corrected chi connectivity index (χ1v) is 7.56. The maximum absolute atomic E-state index is 2.36. The van der Waals surface area contributed by atoms with Crippen LogP contribution in [0.2, 0.25) is 0 Å². The molecule has 100 valence electrons. The molecule has 1 aliphatic carbocycles. The SMILES string of the molecule is CCCCC/C=C/C/C=C/C/C=C/CC=C1CC1. The monoisotopic (exact) mass is 244 g/mol. The number of allylic oxidation sites excluding steroid dienone is 8. The normalized spacial score (nSPS) is 15.3. The van der Waals surface area contributed by atoms with Crippen LogP contribution in [0.15, 0.2) is 48.1 Å². The van der Waals surface area contributed by atoms with E-state index in [2.05, 4.69) is 49.5 Å². The van der Waals surface area contributed by atoms with Gasteiger partial charge in [-0.15, -0.1) is 0 Å². The minimum atomic E-state index is 1.08. The van der Waals surface area contributed by atoms with Crippen molar-refractivity contribution in [2.24, 2.45) is 0 Å². The topological polar surface area (TPSA) is 0 Å². The minimum Gasteiger partial charge on any atom is -0.0882 e. The van der Waals surface area contributed by atoms with Gasteiger partial charge in [-0.2, -0.15) is 0 Å². The molecule has 0 bridgehead atoms. The molecule has 1 rings (SSSR count). The van der Waals surface area contributed by atoms with Crippen LogP contribution < -0.4 is 0 Å². The zero-order valence-corrected chi connectivity index (χ0v) is 11.9. The summed E-state index contributed by atoms with van der Waals surface area (Å²) < 4.78 is 0. The summed E-state index contributed by atoms with van der Waals surface area (Å²) in [5.74, 6) is 0. The largest absolute Gasteiger partial charge is 0.0882 e. The van der Waals surface area contributed by atoms with Crippen LogP contribution in [0, 0.1) is 0 Å². The van der Waals surface area contributed by atoms with Crippen LogP contribution in [0.1, 0.15) is 64.7 Å². The Hall–Kier alpha value is -1.04. The van der Waals surface area contributed by atoms with E-state index in [1.807, 2.05) is 0 Å². The van der Waals surface area contributed by atoms with E-state index in [9.17, 15) is 0 Å². The van der Waals surface area contributed by atoms with Crippen molar-refractivity contribution in [1.29, 1.82) is 0 Å². The lowest BCUT2D eigenvalue weighted by molar-refractivity contribution is 0.728. The molecule has 0 radical (unpaired) electrons. The standard InChI is InChI=1S/C18H28/c1-2-3-4-5-6-7-8-9-10-11-12-13-14-15-18-16-17-18/h6-7,9-10,12-13,15H,2-5,8,11,14,16-17H2,1H3/b7-6+,10-9+,13-12+. The molecule has 0 aromatic carbocycles. The summed E-state index contributed by atoms with van der Waals surface area (Å²) in [6, 6.07) is 0. The van der Waals surface area contributed by atoms with E-state index in [-0.39, 0.29) is 0 Å². The van der Waals surface area contributed by atoms with Crippen molar-refractivity contribution < 1.29 is 0 Å². The average Bonchev–Trinajstić information content (AvgIpc) is 3.19. The van der Waals surface area contributed by atoms with Gasteiger partial charge >= 0.3 is 0 Å². The molecule has 0 aromatic heterocycles. The third kappa shape index (κ3) is 10.1. The lowest BCUT2D eigenvalue weighted by Gasteiger charge is -1.90. The molecule has 0 heteroatoms. The van der Waals surface area contributed by atoms with Crippen molar-refractivity contribution in [2.45, 2.75) is 64.7 Å². The van der Waals surface area contributed by atoms with Gasteiger partial charge in [0.15, 0.2) is 0 Å². The molecule has 1 saturated carbocycles. The maximum Gasteiger partial charge on any atom is -0.0166 e. The molecule has 18 heavy (non-hydrogen) atoms. The molecule has 0 saturated heterocycles. The quantitative estimate of drug-likeness (QED) is 0.320. The number of unbranched alkanes of at least 4 members (excludes halogenated alkanes) is 3. The number of hydrogen-bond acceptors (Lipinski definition) is 0. The highest BCUT2D eigenvalue weighted by molar-refractivity contribution is 5.17. The van der Waals surface area contributed by atoms with Crippen LogP contribution in [-0.2, 0) is 0 Å². The highest BCUT2D eigenvalue weighted by Crippen LogP contribution is 2.27. The highest BCUT2D eigenvalue weighted by atomic mass is 14.1. The molecule has 0 aliphatic heterocycles. The molecule has 0 spiro atoms. The van der Waals surface area contributed by atoms with Crippen molar-refractivity contribution >= 4 is 0 Å². The predicted octanol–water partition coefficient (Wildman–Crippen LogP) is 6.13. The Morgan fingerprint density at radius 3 is 2.00 bits per heavy atom. The molecule has 0 nitrogen and oxygen atoms in total. The van der Waals surface area contributed by atoms with Crippen molar-refractivity contribution in [3.8, 4) is 0 Å². The third-order valence-electron chi connectivity index (χ3n) is 3.10. The minimum absolute atomic E-state index is 1.08. The molecular formula is C18H28. The summed E-state index contributed by atoms with van der Waals surface area (Å²) in [7, 11) is 0. The van der Waals surface area contributed by atoms with E-state index in [4.69, 9.17) is 0 Å². The Balaban J connectivity index is 1.88. The van der Waals surface area contributed by atoms with E-state index in [1.165, 1.54) is 38.5 Å². The lowest BCUT2D eigenvalue weighted by Crippen LogP contribution is -1.70. The van der Waals surface area contributed by atoms with Gasteiger partial charge in [0, 0.05) is 0 Å². The first kappa shape index (κ1) is 15.0. The van der Waals surface area contributed by atoms with Crippen molar-refractivity contribution in [2.75, 3.05) is 0 Å².